The highest BCUT2D eigenvalue weighted by Crippen LogP contribution is 2.37. The summed E-state index contributed by atoms with van der Waals surface area (Å²) >= 11 is 0. The maximum Gasteiger partial charge on any atom is 0.336 e. The predicted molar refractivity (Wildman–Crippen MR) is 93.2 cm³/mol. The first-order valence-electron chi connectivity index (χ1n) is 8.89. The van der Waals surface area contributed by atoms with Gasteiger partial charge >= 0.3 is 11.6 Å². The van der Waals surface area contributed by atoms with E-state index >= 15 is 0 Å². The lowest BCUT2D eigenvalue weighted by molar-refractivity contribution is -0.149. The Kier molecular flexibility index (Phi) is 4.55. The number of carbonyl (C=O) groups is 1. The van der Waals surface area contributed by atoms with Crippen LogP contribution in [0.5, 0.6) is 11.5 Å². The van der Waals surface area contributed by atoms with Crippen LogP contribution in [-0.2, 0) is 16.1 Å². The van der Waals surface area contributed by atoms with E-state index in [9.17, 15) is 9.59 Å². The molecule has 2 aromatic rings. The molecule has 0 bridgehead atoms. The zero-order valence-electron chi connectivity index (χ0n) is 14.7. The van der Waals surface area contributed by atoms with Crippen LogP contribution in [0.15, 0.2) is 27.4 Å². The third-order valence-electron chi connectivity index (χ3n) is 4.92. The molecule has 2 aliphatic rings. The second-order valence-electron chi connectivity index (χ2n) is 6.59. The first-order chi connectivity index (χ1) is 12.6. The fourth-order valence-corrected chi connectivity index (χ4v) is 3.58. The summed E-state index contributed by atoms with van der Waals surface area (Å²) in [5.74, 6) is 1.12. The van der Waals surface area contributed by atoms with E-state index in [0.29, 0.717) is 30.2 Å². The zero-order valence-corrected chi connectivity index (χ0v) is 14.7. The van der Waals surface area contributed by atoms with Crippen LogP contribution >= 0.6 is 0 Å². The molecule has 7 nitrogen and oxygen atoms in total. The lowest BCUT2D eigenvalue weighted by atomic mass is 9.96. The normalized spacial score (nSPS) is 17.6. The number of benzene rings is 1. The Bertz CT molecular complexity index is 881. The minimum absolute atomic E-state index is 0.0300. The van der Waals surface area contributed by atoms with Gasteiger partial charge in [0, 0.05) is 24.1 Å². The molecule has 7 heteroatoms. The summed E-state index contributed by atoms with van der Waals surface area (Å²) in [6.45, 7) is 4.61. The molecule has 138 valence electrons. The molecule has 4 rings (SSSR count). The molecule has 26 heavy (non-hydrogen) atoms. The summed E-state index contributed by atoms with van der Waals surface area (Å²) in [4.78, 5) is 26.1. The molecule has 0 unspecified atom stereocenters. The minimum atomic E-state index is -0.382. The average Bonchev–Trinajstić information content (AvgIpc) is 3.08. The van der Waals surface area contributed by atoms with Gasteiger partial charge in [0.1, 0.15) is 5.58 Å². The molecule has 0 spiro atoms. The third kappa shape index (κ3) is 3.26. The summed E-state index contributed by atoms with van der Waals surface area (Å²) in [5.41, 5.74) is 1.01. The van der Waals surface area contributed by atoms with Crippen molar-refractivity contribution in [2.75, 3.05) is 26.5 Å². The molecule has 2 aliphatic heterocycles. The Morgan fingerprint density at radius 3 is 2.65 bits per heavy atom. The van der Waals surface area contributed by atoms with Crippen molar-refractivity contribution < 1.29 is 23.4 Å². The molecule has 0 amide bonds. The lowest BCUT2D eigenvalue weighted by Gasteiger charge is -2.30. The molecule has 0 N–H and O–H groups in total. The van der Waals surface area contributed by atoms with Crippen LogP contribution in [0.2, 0.25) is 0 Å². The second kappa shape index (κ2) is 6.99. The number of hydrogen-bond acceptors (Lipinski definition) is 7. The molecule has 1 saturated heterocycles. The topological polar surface area (TPSA) is 78.2 Å². The number of hydrogen-bond donors (Lipinski definition) is 0. The van der Waals surface area contributed by atoms with Crippen molar-refractivity contribution in [3.63, 3.8) is 0 Å². The maximum atomic E-state index is 11.9. The van der Waals surface area contributed by atoms with Gasteiger partial charge in [0.2, 0.25) is 6.79 Å². The molecule has 1 fully saturated rings. The number of carbonyl (C=O) groups excluding carboxylic acids is 1. The number of fused-ring (bicyclic) bond motifs is 2. The lowest BCUT2D eigenvalue weighted by Crippen LogP contribution is -2.36. The van der Waals surface area contributed by atoms with Crippen molar-refractivity contribution >= 4 is 16.9 Å². The first-order valence-corrected chi connectivity index (χ1v) is 8.89. The molecular weight excluding hydrogens is 338 g/mol. The van der Waals surface area contributed by atoms with E-state index in [1.54, 1.807) is 6.07 Å². The highest BCUT2D eigenvalue weighted by molar-refractivity contribution is 5.84. The van der Waals surface area contributed by atoms with Crippen LogP contribution in [0.4, 0.5) is 0 Å². The van der Waals surface area contributed by atoms with E-state index in [1.807, 2.05) is 13.0 Å². The number of esters is 1. The number of nitrogens with zero attached hydrogens (tertiary/aromatic N) is 1. The van der Waals surface area contributed by atoms with Crippen molar-refractivity contribution in [1.29, 1.82) is 0 Å². The van der Waals surface area contributed by atoms with E-state index in [0.717, 1.165) is 36.9 Å². The molecule has 1 aromatic heterocycles. The van der Waals surface area contributed by atoms with Gasteiger partial charge in [-0.05, 0) is 44.5 Å². The summed E-state index contributed by atoms with van der Waals surface area (Å²) in [6, 6.07) is 5.10. The minimum Gasteiger partial charge on any atom is -0.466 e. The van der Waals surface area contributed by atoms with E-state index < -0.39 is 0 Å². The van der Waals surface area contributed by atoms with Crippen LogP contribution < -0.4 is 15.1 Å². The Morgan fingerprint density at radius 2 is 1.92 bits per heavy atom. The Hall–Kier alpha value is -2.54. The Morgan fingerprint density at radius 1 is 1.19 bits per heavy atom. The van der Waals surface area contributed by atoms with Gasteiger partial charge < -0.3 is 18.6 Å². The van der Waals surface area contributed by atoms with Gasteiger partial charge in [0.15, 0.2) is 11.5 Å². The summed E-state index contributed by atoms with van der Waals surface area (Å²) in [5, 5.41) is 0.848. The second-order valence-corrected chi connectivity index (χ2v) is 6.59. The largest absolute Gasteiger partial charge is 0.466 e. The standard InChI is InChI=1S/C19H21NO6/c1-2-23-19(22)12-3-5-20(6-4-12)10-13-7-18(21)26-15-9-17-16(8-14(13)15)24-11-25-17/h7-9,12H,2-6,10-11H2,1H3. The average molecular weight is 359 g/mol. The molecule has 3 heterocycles. The van der Waals surface area contributed by atoms with E-state index in [-0.39, 0.29) is 24.3 Å². The molecule has 0 atom stereocenters. The number of ether oxygens (including phenoxy) is 3. The SMILES string of the molecule is CCOC(=O)C1CCN(Cc2cc(=O)oc3cc4c(cc23)OCO4)CC1. The molecule has 0 radical (unpaired) electrons. The van der Waals surface area contributed by atoms with Crippen LogP contribution in [-0.4, -0.2) is 37.4 Å². The molecule has 1 aromatic carbocycles. The van der Waals surface area contributed by atoms with Gasteiger partial charge in [-0.1, -0.05) is 0 Å². The van der Waals surface area contributed by atoms with Gasteiger partial charge in [0.25, 0.3) is 0 Å². The van der Waals surface area contributed by atoms with Crippen molar-refractivity contribution in [2.45, 2.75) is 26.3 Å². The first kappa shape index (κ1) is 16.9. The smallest absolute Gasteiger partial charge is 0.336 e. The van der Waals surface area contributed by atoms with Crippen molar-refractivity contribution in [3.8, 4) is 11.5 Å². The van der Waals surface area contributed by atoms with Gasteiger partial charge in [-0.3, -0.25) is 9.69 Å². The van der Waals surface area contributed by atoms with E-state index in [4.69, 9.17) is 18.6 Å². The predicted octanol–water partition coefficient (Wildman–Crippen LogP) is 2.30. The van der Waals surface area contributed by atoms with Gasteiger partial charge in [-0.15, -0.1) is 0 Å². The zero-order chi connectivity index (χ0) is 18.1. The summed E-state index contributed by atoms with van der Waals surface area (Å²) < 4.78 is 21.2. The molecule has 0 aliphatic carbocycles. The van der Waals surface area contributed by atoms with Crippen LogP contribution in [0.25, 0.3) is 11.0 Å². The highest BCUT2D eigenvalue weighted by Gasteiger charge is 2.26. The van der Waals surface area contributed by atoms with Gasteiger partial charge in [0.05, 0.1) is 12.5 Å². The van der Waals surface area contributed by atoms with Crippen molar-refractivity contribution in [2.24, 2.45) is 5.92 Å². The van der Waals surface area contributed by atoms with Crippen LogP contribution in [0, 0.1) is 5.92 Å². The van der Waals surface area contributed by atoms with Crippen molar-refractivity contribution in [1.82, 2.24) is 4.90 Å². The maximum absolute atomic E-state index is 11.9. The number of likely N-dealkylation sites (tertiary alicyclic amines) is 1. The van der Waals surface area contributed by atoms with Crippen LogP contribution in [0.3, 0.4) is 0 Å². The van der Waals surface area contributed by atoms with E-state index in [1.165, 1.54) is 6.07 Å². The fourth-order valence-electron chi connectivity index (χ4n) is 3.58. The highest BCUT2D eigenvalue weighted by atomic mass is 16.7. The summed E-state index contributed by atoms with van der Waals surface area (Å²) in [7, 11) is 0. The number of piperidine rings is 1. The van der Waals surface area contributed by atoms with Gasteiger partial charge in [-0.25, -0.2) is 4.79 Å². The molecular formula is C19H21NO6. The monoisotopic (exact) mass is 359 g/mol. The van der Waals surface area contributed by atoms with Gasteiger partial charge in [-0.2, -0.15) is 0 Å². The quantitative estimate of drug-likeness (QED) is 0.612. The van der Waals surface area contributed by atoms with Crippen LogP contribution in [0.1, 0.15) is 25.3 Å². The number of rotatable bonds is 4. The van der Waals surface area contributed by atoms with Crippen molar-refractivity contribution in [3.05, 3.63) is 34.2 Å². The van der Waals surface area contributed by atoms with E-state index in [2.05, 4.69) is 4.90 Å². The summed E-state index contributed by atoms with van der Waals surface area (Å²) in [6.07, 6.45) is 1.54. The Labute approximate surface area is 150 Å². The fraction of sp³-hybridized carbons (Fsp3) is 0.474. The molecule has 0 saturated carbocycles. The Balaban J connectivity index is 1.53. The third-order valence-corrected chi connectivity index (χ3v) is 4.92.